The van der Waals surface area contributed by atoms with Crippen molar-refractivity contribution in [3.05, 3.63) is 69.7 Å². The summed E-state index contributed by atoms with van der Waals surface area (Å²) in [5.41, 5.74) is 3.39. The zero-order valence-corrected chi connectivity index (χ0v) is 13.4. The number of carbonyl (C=O) groups is 1. The van der Waals surface area contributed by atoms with Crippen molar-refractivity contribution in [2.45, 2.75) is 19.9 Å². The van der Waals surface area contributed by atoms with Gasteiger partial charge in [0.1, 0.15) is 0 Å². The number of halogens is 1. The van der Waals surface area contributed by atoms with Crippen LogP contribution in [0.15, 0.2) is 53.0 Å². The van der Waals surface area contributed by atoms with Crippen LogP contribution in [0.5, 0.6) is 0 Å². The van der Waals surface area contributed by atoms with Crippen LogP contribution in [0.3, 0.4) is 0 Å². The first-order valence-corrected chi connectivity index (χ1v) is 7.38. The molecule has 0 aliphatic rings. The standard InChI is InChI=1S/C17H18BrNO/c1-13-4-3-5-15(10-13)11-17(20)19(2)12-14-6-8-16(18)9-7-14/h3-10H,11-12H2,1-2H3. The van der Waals surface area contributed by atoms with Gasteiger partial charge in [-0.1, -0.05) is 57.9 Å². The summed E-state index contributed by atoms with van der Waals surface area (Å²) in [6.07, 6.45) is 0.453. The van der Waals surface area contributed by atoms with E-state index in [4.69, 9.17) is 0 Å². The van der Waals surface area contributed by atoms with E-state index in [9.17, 15) is 4.79 Å². The third-order valence-corrected chi connectivity index (χ3v) is 3.73. The van der Waals surface area contributed by atoms with E-state index in [1.807, 2.05) is 56.4 Å². The molecule has 0 heterocycles. The Hall–Kier alpha value is -1.61. The minimum absolute atomic E-state index is 0.138. The summed E-state index contributed by atoms with van der Waals surface area (Å²) in [6, 6.07) is 16.1. The van der Waals surface area contributed by atoms with Gasteiger partial charge in [0, 0.05) is 18.1 Å². The smallest absolute Gasteiger partial charge is 0.227 e. The molecule has 104 valence electrons. The Bertz CT molecular complexity index is 592. The molecule has 2 nitrogen and oxygen atoms in total. The number of nitrogens with zero attached hydrogens (tertiary/aromatic N) is 1. The summed E-state index contributed by atoms with van der Waals surface area (Å²) >= 11 is 3.41. The fourth-order valence-corrected chi connectivity index (χ4v) is 2.35. The maximum absolute atomic E-state index is 12.2. The summed E-state index contributed by atoms with van der Waals surface area (Å²) in [7, 11) is 1.85. The van der Waals surface area contributed by atoms with E-state index in [1.165, 1.54) is 5.56 Å². The molecule has 2 rings (SSSR count). The third-order valence-electron chi connectivity index (χ3n) is 3.20. The molecule has 0 radical (unpaired) electrons. The van der Waals surface area contributed by atoms with Gasteiger partial charge in [-0.3, -0.25) is 4.79 Å². The Labute approximate surface area is 128 Å². The number of amides is 1. The van der Waals surface area contributed by atoms with E-state index >= 15 is 0 Å². The number of aryl methyl sites for hydroxylation is 1. The summed E-state index contributed by atoms with van der Waals surface area (Å²) in [4.78, 5) is 14.0. The largest absolute Gasteiger partial charge is 0.341 e. The number of carbonyl (C=O) groups excluding carboxylic acids is 1. The molecule has 0 aliphatic heterocycles. The fraction of sp³-hybridized carbons (Fsp3) is 0.235. The van der Waals surface area contributed by atoms with Gasteiger partial charge in [-0.2, -0.15) is 0 Å². The van der Waals surface area contributed by atoms with E-state index in [0.717, 1.165) is 15.6 Å². The van der Waals surface area contributed by atoms with Crippen molar-refractivity contribution >= 4 is 21.8 Å². The molecule has 1 amide bonds. The first-order chi connectivity index (χ1) is 9.54. The van der Waals surface area contributed by atoms with Crippen molar-refractivity contribution in [2.24, 2.45) is 0 Å². The van der Waals surface area contributed by atoms with Crippen LogP contribution < -0.4 is 0 Å². The molecule has 2 aromatic carbocycles. The van der Waals surface area contributed by atoms with Crippen LogP contribution in [0.2, 0.25) is 0 Å². The second-order valence-corrected chi connectivity index (χ2v) is 5.96. The van der Waals surface area contributed by atoms with E-state index < -0.39 is 0 Å². The highest BCUT2D eigenvalue weighted by atomic mass is 79.9. The summed E-state index contributed by atoms with van der Waals surface area (Å²) in [5.74, 6) is 0.138. The van der Waals surface area contributed by atoms with E-state index in [2.05, 4.69) is 22.0 Å². The second-order valence-electron chi connectivity index (χ2n) is 5.04. The van der Waals surface area contributed by atoms with Gasteiger partial charge >= 0.3 is 0 Å². The van der Waals surface area contributed by atoms with Gasteiger partial charge < -0.3 is 4.90 Å². The zero-order chi connectivity index (χ0) is 14.5. The zero-order valence-electron chi connectivity index (χ0n) is 11.8. The maximum Gasteiger partial charge on any atom is 0.227 e. The van der Waals surface area contributed by atoms with Crippen molar-refractivity contribution in [1.82, 2.24) is 4.90 Å². The molecule has 0 aromatic heterocycles. The van der Waals surface area contributed by atoms with Gasteiger partial charge in [-0.05, 0) is 30.2 Å². The Kier molecular flexibility index (Phi) is 4.96. The van der Waals surface area contributed by atoms with Crippen molar-refractivity contribution < 1.29 is 4.79 Å². The molecule has 0 aliphatic carbocycles. The van der Waals surface area contributed by atoms with Gasteiger partial charge in [0.05, 0.1) is 6.42 Å². The average Bonchev–Trinajstić information content (AvgIpc) is 2.41. The van der Waals surface area contributed by atoms with Gasteiger partial charge in [0.15, 0.2) is 0 Å². The first kappa shape index (κ1) is 14.8. The second kappa shape index (κ2) is 6.71. The lowest BCUT2D eigenvalue weighted by Gasteiger charge is -2.17. The summed E-state index contributed by atoms with van der Waals surface area (Å²) in [5, 5.41) is 0. The predicted molar refractivity (Wildman–Crippen MR) is 85.5 cm³/mol. The Balaban J connectivity index is 1.96. The number of hydrogen-bond donors (Lipinski definition) is 0. The molecule has 0 bridgehead atoms. The lowest BCUT2D eigenvalue weighted by molar-refractivity contribution is -0.129. The third kappa shape index (κ3) is 4.20. The lowest BCUT2D eigenvalue weighted by Crippen LogP contribution is -2.27. The average molecular weight is 332 g/mol. The Morgan fingerprint density at radius 3 is 2.45 bits per heavy atom. The molecular formula is C17H18BrNO. The predicted octanol–water partition coefficient (Wildman–Crippen LogP) is 3.96. The summed E-state index contributed by atoms with van der Waals surface area (Å²) < 4.78 is 1.05. The number of benzene rings is 2. The SMILES string of the molecule is Cc1cccc(CC(=O)N(C)Cc2ccc(Br)cc2)c1. The Morgan fingerprint density at radius 1 is 1.10 bits per heavy atom. The van der Waals surface area contributed by atoms with Crippen LogP contribution in [-0.4, -0.2) is 17.9 Å². The van der Waals surface area contributed by atoms with Crippen molar-refractivity contribution in [3.63, 3.8) is 0 Å². The Morgan fingerprint density at radius 2 is 1.80 bits per heavy atom. The van der Waals surface area contributed by atoms with Crippen LogP contribution >= 0.6 is 15.9 Å². The molecule has 0 saturated carbocycles. The number of hydrogen-bond acceptors (Lipinski definition) is 1. The quantitative estimate of drug-likeness (QED) is 0.830. The normalized spacial score (nSPS) is 10.3. The van der Waals surface area contributed by atoms with Crippen LogP contribution in [0.4, 0.5) is 0 Å². The van der Waals surface area contributed by atoms with Crippen molar-refractivity contribution in [2.75, 3.05) is 7.05 Å². The molecular weight excluding hydrogens is 314 g/mol. The van der Waals surface area contributed by atoms with Crippen LogP contribution in [0, 0.1) is 6.92 Å². The minimum atomic E-state index is 0.138. The van der Waals surface area contributed by atoms with E-state index in [-0.39, 0.29) is 5.91 Å². The van der Waals surface area contributed by atoms with Gasteiger partial charge in [0.25, 0.3) is 0 Å². The minimum Gasteiger partial charge on any atom is -0.341 e. The van der Waals surface area contributed by atoms with Gasteiger partial charge in [-0.25, -0.2) is 0 Å². The number of rotatable bonds is 4. The highest BCUT2D eigenvalue weighted by Crippen LogP contribution is 2.12. The lowest BCUT2D eigenvalue weighted by atomic mass is 10.1. The van der Waals surface area contributed by atoms with Crippen LogP contribution in [0.25, 0.3) is 0 Å². The summed E-state index contributed by atoms with van der Waals surface area (Å²) in [6.45, 7) is 2.68. The van der Waals surface area contributed by atoms with Crippen molar-refractivity contribution in [3.8, 4) is 0 Å². The van der Waals surface area contributed by atoms with Gasteiger partial charge in [-0.15, -0.1) is 0 Å². The first-order valence-electron chi connectivity index (χ1n) is 6.58. The van der Waals surface area contributed by atoms with Gasteiger partial charge in [0.2, 0.25) is 5.91 Å². The number of likely N-dealkylation sites (N-methyl/N-ethyl adjacent to an activating group) is 1. The fourth-order valence-electron chi connectivity index (χ4n) is 2.08. The topological polar surface area (TPSA) is 20.3 Å². The molecule has 0 spiro atoms. The molecule has 2 aromatic rings. The molecule has 20 heavy (non-hydrogen) atoms. The van der Waals surface area contributed by atoms with E-state index in [0.29, 0.717) is 13.0 Å². The van der Waals surface area contributed by atoms with Crippen LogP contribution in [0.1, 0.15) is 16.7 Å². The van der Waals surface area contributed by atoms with E-state index in [1.54, 1.807) is 4.90 Å². The maximum atomic E-state index is 12.2. The van der Waals surface area contributed by atoms with Crippen LogP contribution in [-0.2, 0) is 17.8 Å². The molecule has 0 unspecified atom stereocenters. The molecule has 0 fully saturated rings. The molecule has 0 atom stereocenters. The molecule has 3 heteroatoms. The molecule has 0 N–H and O–H groups in total. The molecule has 0 saturated heterocycles. The highest BCUT2D eigenvalue weighted by molar-refractivity contribution is 9.10. The van der Waals surface area contributed by atoms with Crippen molar-refractivity contribution in [1.29, 1.82) is 0 Å². The highest BCUT2D eigenvalue weighted by Gasteiger charge is 2.10. The monoisotopic (exact) mass is 331 g/mol.